The van der Waals surface area contributed by atoms with Gasteiger partial charge in [-0.15, -0.1) is 11.3 Å². The van der Waals surface area contributed by atoms with E-state index in [0.717, 1.165) is 25.1 Å². The molecule has 0 aliphatic rings. The number of halogens is 1. The molecule has 0 spiro atoms. The predicted molar refractivity (Wildman–Crippen MR) is 75.1 cm³/mol. The SMILES string of the molecule is CCn1ncc(Cl)c1C(O)CCCc1cccs1. The van der Waals surface area contributed by atoms with Crippen LogP contribution in [0.3, 0.4) is 0 Å². The Kier molecular flexibility index (Phi) is 4.80. The number of rotatable bonds is 6. The Bertz CT molecular complexity index is 481. The van der Waals surface area contributed by atoms with Crippen LogP contribution in [0.5, 0.6) is 0 Å². The van der Waals surface area contributed by atoms with E-state index in [2.05, 4.69) is 22.6 Å². The number of hydrogen-bond donors (Lipinski definition) is 1. The second-order valence-corrected chi connectivity index (χ2v) is 5.62. The number of aliphatic hydroxyl groups is 1. The Hall–Kier alpha value is -0.840. The van der Waals surface area contributed by atoms with Crippen LogP contribution in [0.15, 0.2) is 23.7 Å². The zero-order valence-electron chi connectivity index (χ0n) is 10.3. The second kappa shape index (κ2) is 6.36. The maximum absolute atomic E-state index is 10.2. The predicted octanol–water partition coefficient (Wildman–Crippen LogP) is 3.67. The first-order chi connectivity index (χ1) is 8.72. The van der Waals surface area contributed by atoms with Gasteiger partial charge in [-0.25, -0.2) is 0 Å². The lowest BCUT2D eigenvalue weighted by molar-refractivity contribution is 0.154. The van der Waals surface area contributed by atoms with Crippen molar-refractivity contribution in [2.45, 2.75) is 38.8 Å². The molecule has 18 heavy (non-hydrogen) atoms. The maximum atomic E-state index is 10.2. The highest BCUT2D eigenvalue weighted by molar-refractivity contribution is 7.09. The molecule has 2 aromatic rings. The molecule has 0 aromatic carbocycles. The molecule has 5 heteroatoms. The molecule has 0 amide bonds. The highest BCUT2D eigenvalue weighted by Gasteiger charge is 2.17. The van der Waals surface area contributed by atoms with E-state index >= 15 is 0 Å². The zero-order valence-corrected chi connectivity index (χ0v) is 11.9. The smallest absolute Gasteiger partial charge is 0.0971 e. The van der Waals surface area contributed by atoms with Gasteiger partial charge in [0, 0.05) is 11.4 Å². The minimum absolute atomic E-state index is 0.528. The van der Waals surface area contributed by atoms with E-state index < -0.39 is 6.10 Å². The summed E-state index contributed by atoms with van der Waals surface area (Å²) in [4.78, 5) is 1.36. The fraction of sp³-hybridized carbons (Fsp3) is 0.462. The first-order valence-corrected chi connectivity index (χ1v) is 7.39. The molecule has 0 bridgehead atoms. The molecular formula is C13H17ClN2OS. The van der Waals surface area contributed by atoms with Gasteiger partial charge in [-0.2, -0.15) is 5.10 Å². The topological polar surface area (TPSA) is 38.0 Å². The van der Waals surface area contributed by atoms with E-state index in [1.165, 1.54) is 4.88 Å². The van der Waals surface area contributed by atoms with Crippen LogP contribution in [-0.2, 0) is 13.0 Å². The van der Waals surface area contributed by atoms with E-state index in [1.807, 2.05) is 6.92 Å². The summed E-state index contributed by atoms with van der Waals surface area (Å²) in [5.41, 5.74) is 0.741. The number of hydrogen-bond acceptors (Lipinski definition) is 3. The van der Waals surface area contributed by atoms with Gasteiger partial charge in [0.15, 0.2) is 0 Å². The van der Waals surface area contributed by atoms with Crippen molar-refractivity contribution in [2.75, 3.05) is 0 Å². The van der Waals surface area contributed by atoms with E-state index in [4.69, 9.17) is 11.6 Å². The summed E-state index contributed by atoms with van der Waals surface area (Å²) >= 11 is 7.81. The lowest BCUT2D eigenvalue weighted by Gasteiger charge is -2.12. The van der Waals surface area contributed by atoms with Gasteiger partial charge in [0.05, 0.1) is 23.0 Å². The Morgan fingerprint density at radius 3 is 3.06 bits per heavy atom. The number of aryl methyl sites for hydroxylation is 2. The molecular weight excluding hydrogens is 268 g/mol. The molecule has 0 saturated heterocycles. The van der Waals surface area contributed by atoms with Crippen LogP contribution in [0.4, 0.5) is 0 Å². The molecule has 1 N–H and O–H groups in total. The summed E-state index contributed by atoms with van der Waals surface area (Å²) in [6, 6.07) is 4.18. The molecule has 98 valence electrons. The molecule has 2 aromatic heterocycles. The fourth-order valence-corrected chi connectivity index (χ4v) is 3.03. The minimum atomic E-state index is -0.528. The zero-order chi connectivity index (χ0) is 13.0. The molecule has 2 heterocycles. The van der Waals surface area contributed by atoms with Crippen LogP contribution < -0.4 is 0 Å². The maximum Gasteiger partial charge on any atom is 0.0971 e. The minimum Gasteiger partial charge on any atom is -0.387 e. The lowest BCUT2D eigenvalue weighted by atomic mass is 10.1. The van der Waals surface area contributed by atoms with E-state index in [9.17, 15) is 5.11 Å². The number of thiophene rings is 1. The van der Waals surface area contributed by atoms with Gasteiger partial charge in [-0.1, -0.05) is 17.7 Å². The van der Waals surface area contributed by atoms with Crippen molar-refractivity contribution in [1.82, 2.24) is 9.78 Å². The summed E-state index contributed by atoms with van der Waals surface area (Å²) in [5, 5.41) is 17.0. The van der Waals surface area contributed by atoms with Gasteiger partial charge < -0.3 is 5.11 Å². The van der Waals surface area contributed by atoms with Crippen molar-refractivity contribution >= 4 is 22.9 Å². The molecule has 0 aliphatic carbocycles. The van der Waals surface area contributed by atoms with Crippen LogP contribution in [0, 0.1) is 0 Å². The number of aromatic nitrogens is 2. The highest BCUT2D eigenvalue weighted by Crippen LogP contribution is 2.26. The summed E-state index contributed by atoms with van der Waals surface area (Å²) < 4.78 is 1.76. The fourth-order valence-electron chi connectivity index (χ4n) is 2.02. The van der Waals surface area contributed by atoms with Crippen molar-refractivity contribution < 1.29 is 5.11 Å². The van der Waals surface area contributed by atoms with Crippen LogP contribution >= 0.6 is 22.9 Å². The summed E-state index contributed by atoms with van der Waals surface area (Å²) in [7, 11) is 0. The van der Waals surface area contributed by atoms with E-state index in [-0.39, 0.29) is 0 Å². The highest BCUT2D eigenvalue weighted by atomic mass is 35.5. The van der Waals surface area contributed by atoms with Crippen LogP contribution in [0.2, 0.25) is 5.02 Å². The quantitative estimate of drug-likeness (QED) is 0.879. The van der Waals surface area contributed by atoms with Crippen LogP contribution in [0.25, 0.3) is 0 Å². The van der Waals surface area contributed by atoms with Crippen LogP contribution in [-0.4, -0.2) is 14.9 Å². The molecule has 3 nitrogen and oxygen atoms in total. The van der Waals surface area contributed by atoms with Crippen molar-refractivity contribution in [3.63, 3.8) is 0 Å². The summed E-state index contributed by atoms with van der Waals surface area (Å²) in [5.74, 6) is 0. The number of aliphatic hydroxyl groups excluding tert-OH is 1. The lowest BCUT2D eigenvalue weighted by Crippen LogP contribution is -2.08. The molecule has 0 aliphatic heterocycles. The normalized spacial score (nSPS) is 12.8. The Morgan fingerprint density at radius 2 is 2.39 bits per heavy atom. The van der Waals surface area contributed by atoms with E-state index in [0.29, 0.717) is 11.4 Å². The monoisotopic (exact) mass is 284 g/mol. The van der Waals surface area contributed by atoms with Gasteiger partial charge in [0.1, 0.15) is 0 Å². The van der Waals surface area contributed by atoms with Crippen molar-refractivity contribution in [3.8, 4) is 0 Å². The molecule has 0 saturated carbocycles. The Balaban J connectivity index is 1.91. The second-order valence-electron chi connectivity index (χ2n) is 4.18. The molecule has 1 atom stereocenters. The first kappa shape index (κ1) is 13.6. The van der Waals surface area contributed by atoms with Crippen molar-refractivity contribution in [2.24, 2.45) is 0 Å². The standard InChI is InChI=1S/C13H17ClN2OS/c1-2-16-13(11(14)9-15-16)12(17)7-3-5-10-6-4-8-18-10/h4,6,8-9,12,17H,2-3,5,7H2,1H3. The Labute approximate surface area is 116 Å². The third-order valence-electron chi connectivity index (χ3n) is 2.93. The van der Waals surface area contributed by atoms with Gasteiger partial charge in [-0.3, -0.25) is 4.68 Å². The van der Waals surface area contributed by atoms with Gasteiger partial charge in [0.2, 0.25) is 0 Å². The van der Waals surface area contributed by atoms with Gasteiger partial charge >= 0.3 is 0 Å². The third kappa shape index (κ3) is 3.13. The average molecular weight is 285 g/mol. The van der Waals surface area contributed by atoms with Gasteiger partial charge in [-0.05, 0) is 37.6 Å². The largest absolute Gasteiger partial charge is 0.387 e. The van der Waals surface area contributed by atoms with E-state index in [1.54, 1.807) is 22.2 Å². The summed E-state index contributed by atoms with van der Waals surface area (Å²) in [6.07, 6.45) is 3.74. The molecule has 0 fully saturated rings. The van der Waals surface area contributed by atoms with Crippen molar-refractivity contribution in [3.05, 3.63) is 39.3 Å². The molecule has 0 radical (unpaired) electrons. The molecule has 1 unspecified atom stereocenters. The van der Waals surface area contributed by atoms with Crippen molar-refractivity contribution in [1.29, 1.82) is 0 Å². The summed E-state index contributed by atoms with van der Waals surface area (Å²) in [6.45, 7) is 2.72. The first-order valence-electron chi connectivity index (χ1n) is 6.14. The number of nitrogens with zero attached hydrogens (tertiary/aromatic N) is 2. The Morgan fingerprint density at radius 1 is 1.56 bits per heavy atom. The average Bonchev–Trinajstić information content (AvgIpc) is 2.98. The molecule has 2 rings (SSSR count). The van der Waals surface area contributed by atoms with Crippen LogP contribution in [0.1, 0.15) is 36.4 Å². The third-order valence-corrected chi connectivity index (χ3v) is 4.16. The van der Waals surface area contributed by atoms with Gasteiger partial charge in [0.25, 0.3) is 0 Å².